The summed E-state index contributed by atoms with van der Waals surface area (Å²) >= 11 is 0. The van der Waals surface area contributed by atoms with Gasteiger partial charge in [-0.15, -0.1) is 0 Å². The first-order valence-electron chi connectivity index (χ1n) is 10.0. The normalized spacial score (nSPS) is 15.0. The van der Waals surface area contributed by atoms with Gasteiger partial charge in [-0.25, -0.2) is 9.97 Å². The van der Waals surface area contributed by atoms with Crippen LogP contribution in [0.3, 0.4) is 0 Å². The molecular weight excluding hydrogens is 362 g/mol. The van der Waals surface area contributed by atoms with E-state index in [9.17, 15) is 0 Å². The van der Waals surface area contributed by atoms with Crippen LogP contribution >= 0.6 is 0 Å². The number of ether oxygens (including phenoxy) is 1. The first-order valence-corrected chi connectivity index (χ1v) is 10.0. The van der Waals surface area contributed by atoms with E-state index in [2.05, 4.69) is 62.8 Å². The lowest BCUT2D eigenvalue weighted by Gasteiger charge is -2.30. The van der Waals surface area contributed by atoms with Crippen molar-refractivity contribution in [3.05, 3.63) is 72.1 Å². The molecule has 4 rings (SSSR count). The largest absolute Gasteiger partial charge is 0.378 e. The van der Waals surface area contributed by atoms with Crippen molar-refractivity contribution < 1.29 is 4.74 Å². The van der Waals surface area contributed by atoms with E-state index in [0.29, 0.717) is 0 Å². The number of benzene rings is 2. The molecule has 0 radical (unpaired) electrons. The fourth-order valence-electron chi connectivity index (χ4n) is 3.55. The average Bonchev–Trinajstić information content (AvgIpc) is 2.75. The zero-order valence-corrected chi connectivity index (χ0v) is 16.9. The first-order chi connectivity index (χ1) is 14.2. The van der Waals surface area contributed by atoms with Gasteiger partial charge in [0.25, 0.3) is 0 Å². The maximum absolute atomic E-state index is 5.49. The monoisotopic (exact) mass is 389 g/mol. The third-order valence-electron chi connectivity index (χ3n) is 5.02. The molecule has 0 bridgehead atoms. The highest BCUT2D eigenvalue weighted by atomic mass is 16.5. The van der Waals surface area contributed by atoms with Crippen LogP contribution in [0.2, 0.25) is 0 Å². The molecule has 1 aliphatic heterocycles. The van der Waals surface area contributed by atoms with E-state index in [0.717, 1.165) is 49.5 Å². The third-order valence-corrected chi connectivity index (χ3v) is 5.02. The van der Waals surface area contributed by atoms with Gasteiger partial charge >= 0.3 is 0 Å². The van der Waals surface area contributed by atoms with Crippen LogP contribution in [0.25, 0.3) is 0 Å². The minimum atomic E-state index is 0.152. The highest BCUT2D eigenvalue weighted by Gasteiger charge is 2.15. The second kappa shape index (κ2) is 8.92. The molecule has 1 aromatic heterocycles. The van der Waals surface area contributed by atoms with Gasteiger partial charge < -0.3 is 20.3 Å². The SMILES string of the molecule is Cc1nc(Nc2ccccc2N2CCOCC2)cc(NC(C)c2ccccc2)n1. The van der Waals surface area contributed by atoms with E-state index >= 15 is 0 Å². The number of rotatable bonds is 6. The topological polar surface area (TPSA) is 62.3 Å². The molecule has 1 fully saturated rings. The molecule has 6 nitrogen and oxygen atoms in total. The maximum Gasteiger partial charge on any atom is 0.136 e. The molecule has 29 heavy (non-hydrogen) atoms. The van der Waals surface area contributed by atoms with Gasteiger partial charge in [0.1, 0.15) is 17.5 Å². The number of morpholine rings is 1. The van der Waals surface area contributed by atoms with Crippen molar-refractivity contribution in [1.29, 1.82) is 0 Å². The summed E-state index contributed by atoms with van der Waals surface area (Å²) in [5, 5.41) is 6.98. The fourth-order valence-corrected chi connectivity index (χ4v) is 3.55. The Morgan fingerprint density at radius 1 is 0.931 bits per heavy atom. The Kier molecular flexibility index (Phi) is 5.91. The molecule has 1 saturated heterocycles. The highest BCUT2D eigenvalue weighted by Crippen LogP contribution is 2.29. The minimum Gasteiger partial charge on any atom is -0.378 e. The van der Waals surface area contributed by atoms with Crippen LogP contribution in [0.4, 0.5) is 23.0 Å². The fraction of sp³-hybridized carbons (Fsp3) is 0.304. The molecule has 3 aromatic rings. The summed E-state index contributed by atoms with van der Waals surface area (Å²) in [6, 6.07) is 20.8. The van der Waals surface area contributed by atoms with Gasteiger partial charge in [0.05, 0.1) is 24.6 Å². The van der Waals surface area contributed by atoms with Crippen LogP contribution in [0.15, 0.2) is 60.7 Å². The quantitative estimate of drug-likeness (QED) is 0.645. The first kappa shape index (κ1) is 19.2. The van der Waals surface area contributed by atoms with E-state index in [1.807, 2.05) is 37.3 Å². The summed E-state index contributed by atoms with van der Waals surface area (Å²) in [6.07, 6.45) is 0. The van der Waals surface area contributed by atoms with Crippen LogP contribution in [-0.2, 0) is 4.74 Å². The van der Waals surface area contributed by atoms with Gasteiger partial charge in [-0.1, -0.05) is 42.5 Å². The predicted octanol–water partition coefficient (Wildman–Crippen LogP) is 4.54. The van der Waals surface area contributed by atoms with Crippen LogP contribution in [0.1, 0.15) is 24.4 Å². The smallest absolute Gasteiger partial charge is 0.136 e. The standard InChI is InChI=1S/C23H27N5O/c1-17(19-8-4-3-5-9-19)24-22-16-23(26-18(2)25-22)27-20-10-6-7-11-21(20)28-12-14-29-15-13-28/h3-11,16-17H,12-15H2,1-2H3,(H2,24,25,26,27). The van der Waals surface area contributed by atoms with Gasteiger partial charge in [-0.3, -0.25) is 0 Å². The summed E-state index contributed by atoms with van der Waals surface area (Å²) < 4.78 is 5.49. The summed E-state index contributed by atoms with van der Waals surface area (Å²) in [5.74, 6) is 2.31. The van der Waals surface area contributed by atoms with Crippen molar-refractivity contribution in [3.63, 3.8) is 0 Å². The summed E-state index contributed by atoms with van der Waals surface area (Å²) in [6.45, 7) is 7.34. The average molecular weight is 390 g/mol. The second-order valence-electron chi connectivity index (χ2n) is 7.20. The number of anilines is 4. The van der Waals surface area contributed by atoms with Crippen molar-refractivity contribution in [1.82, 2.24) is 9.97 Å². The number of hydrogen-bond acceptors (Lipinski definition) is 6. The Balaban J connectivity index is 1.54. The van der Waals surface area contributed by atoms with E-state index < -0.39 is 0 Å². The molecule has 2 N–H and O–H groups in total. The molecule has 1 unspecified atom stereocenters. The molecule has 2 aromatic carbocycles. The van der Waals surface area contributed by atoms with E-state index in [-0.39, 0.29) is 6.04 Å². The molecule has 0 spiro atoms. The minimum absolute atomic E-state index is 0.152. The maximum atomic E-state index is 5.49. The highest BCUT2D eigenvalue weighted by molar-refractivity contribution is 5.75. The number of para-hydroxylation sites is 2. The number of aromatic nitrogens is 2. The van der Waals surface area contributed by atoms with Gasteiger partial charge in [0.2, 0.25) is 0 Å². The molecule has 0 amide bonds. The van der Waals surface area contributed by atoms with E-state index in [1.165, 1.54) is 11.3 Å². The predicted molar refractivity (Wildman–Crippen MR) is 118 cm³/mol. The third kappa shape index (κ3) is 4.84. The zero-order chi connectivity index (χ0) is 20.1. The lowest BCUT2D eigenvalue weighted by atomic mass is 10.1. The van der Waals surface area contributed by atoms with Crippen LogP contribution in [0, 0.1) is 6.92 Å². The van der Waals surface area contributed by atoms with Crippen molar-refractivity contribution >= 4 is 23.0 Å². The molecular formula is C23H27N5O. The molecule has 150 valence electrons. The lowest BCUT2D eigenvalue weighted by molar-refractivity contribution is 0.123. The van der Waals surface area contributed by atoms with Crippen LogP contribution < -0.4 is 15.5 Å². The Labute approximate surface area is 172 Å². The summed E-state index contributed by atoms with van der Waals surface area (Å²) in [5.41, 5.74) is 3.42. The number of hydrogen-bond donors (Lipinski definition) is 2. The molecule has 2 heterocycles. The van der Waals surface area contributed by atoms with Crippen LogP contribution in [0.5, 0.6) is 0 Å². The van der Waals surface area contributed by atoms with Gasteiger partial charge in [0.15, 0.2) is 0 Å². The van der Waals surface area contributed by atoms with Crippen molar-refractivity contribution in [3.8, 4) is 0 Å². The molecule has 0 aliphatic carbocycles. The Morgan fingerprint density at radius 2 is 1.62 bits per heavy atom. The number of nitrogens with zero attached hydrogens (tertiary/aromatic N) is 3. The van der Waals surface area contributed by atoms with Crippen molar-refractivity contribution in [2.75, 3.05) is 41.8 Å². The number of nitrogens with one attached hydrogen (secondary N) is 2. The van der Waals surface area contributed by atoms with Crippen molar-refractivity contribution in [2.24, 2.45) is 0 Å². The molecule has 0 saturated carbocycles. The molecule has 6 heteroatoms. The zero-order valence-electron chi connectivity index (χ0n) is 16.9. The molecule has 1 aliphatic rings. The lowest BCUT2D eigenvalue weighted by Crippen LogP contribution is -2.36. The second-order valence-corrected chi connectivity index (χ2v) is 7.20. The Hall–Kier alpha value is -3.12. The van der Waals surface area contributed by atoms with E-state index in [4.69, 9.17) is 4.74 Å². The van der Waals surface area contributed by atoms with Crippen molar-refractivity contribution in [2.45, 2.75) is 19.9 Å². The van der Waals surface area contributed by atoms with Crippen LogP contribution in [-0.4, -0.2) is 36.3 Å². The van der Waals surface area contributed by atoms with Gasteiger partial charge in [0, 0.05) is 25.2 Å². The molecule has 1 atom stereocenters. The van der Waals surface area contributed by atoms with E-state index in [1.54, 1.807) is 0 Å². The Bertz CT molecular complexity index is 941. The van der Waals surface area contributed by atoms with Gasteiger partial charge in [-0.2, -0.15) is 0 Å². The summed E-state index contributed by atoms with van der Waals surface area (Å²) in [7, 11) is 0. The number of aryl methyl sites for hydroxylation is 1. The van der Waals surface area contributed by atoms with Gasteiger partial charge in [-0.05, 0) is 31.5 Å². The Morgan fingerprint density at radius 3 is 2.41 bits per heavy atom. The summed E-state index contributed by atoms with van der Waals surface area (Å²) in [4.78, 5) is 11.5.